The summed E-state index contributed by atoms with van der Waals surface area (Å²) in [5, 5.41) is 5.97. The Morgan fingerprint density at radius 2 is 2.20 bits per heavy atom. The van der Waals surface area contributed by atoms with Gasteiger partial charge in [-0.15, -0.1) is 0 Å². The molecule has 0 spiro atoms. The summed E-state index contributed by atoms with van der Waals surface area (Å²) < 4.78 is 13.5. The van der Waals surface area contributed by atoms with Gasteiger partial charge in [0.1, 0.15) is 11.5 Å². The monoisotopic (exact) mass is 274 g/mol. The first kappa shape index (κ1) is 13.9. The Morgan fingerprint density at radius 3 is 2.90 bits per heavy atom. The van der Waals surface area contributed by atoms with Gasteiger partial charge in [0.05, 0.1) is 12.7 Å². The van der Waals surface area contributed by atoms with E-state index in [-0.39, 0.29) is 18.0 Å². The van der Waals surface area contributed by atoms with Crippen LogP contribution in [0.15, 0.2) is 40.2 Å². The van der Waals surface area contributed by atoms with Crippen LogP contribution in [0.2, 0.25) is 0 Å². The Hall–Kier alpha value is -2.50. The number of rotatable bonds is 4. The SMILES string of the molecule is CCC(=NCc1ccccc1F)c1cn[nH]c(=O)c1N. The Bertz CT molecular complexity index is 694. The van der Waals surface area contributed by atoms with E-state index in [4.69, 9.17) is 5.73 Å². The van der Waals surface area contributed by atoms with Crippen molar-refractivity contribution in [1.82, 2.24) is 10.2 Å². The minimum Gasteiger partial charge on any atom is -0.394 e. The average Bonchev–Trinajstić information content (AvgIpc) is 2.45. The molecule has 0 bridgehead atoms. The fraction of sp³-hybridized carbons (Fsp3) is 0.214. The van der Waals surface area contributed by atoms with Crippen LogP contribution in [0, 0.1) is 5.82 Å². The van der Waals surface area contributed by atoms with Crippen molar-refractivity contribution in [3.63, 3.8) is 0 Å². The Kier molecular flexibility index (Phi) is 4.24. The molecule has 0 unspecified atom stereocenters. The lowest BCUT2D eigenvalue weighted by Gasteiger charge is -2.06. The van der Waals surface area contributed by atoms with Gasteiger partial charge in [0.2, 0.25) is 0 Å². The molecular formula is C14H15FN4O. The summed E-state index contributed by atoms with van der Waals surface area (Å²) in [6.07, 6.45) is 2.03. The van der Waals surface area contributed by atoms with Crippen molar-refractivity contribution < 1.29 is 4.39 Å². The Labute approximate surface area is 115 Å². The molecule has 6 heteroatoms. The van der Waals surface area contributed by atoms with Gasteiger partial charge in [-0.2, -0.15) is 5.10 Å². The molecule has 0 saturated heterocycles. The zero-order chi connectivity index (χ0) is 14.5. The van der Waals surface area contributed by atoms with Crippen LogP contribution in [0.3, 0.4) is 0 Å². The molecule has 1 heterocycles. The molecule has 0 aliphatic rings. The zero-order valence-corrected chi connectivity index (χ0v) is 11.1. The lowest BCUT2D eigenvalue weighted by Crippen LogP contribution is -2.18. The highest BCUT2D eigenvalue weighted by atomic mass is 19.1. The van der Waals surface area contributed by atoms with Gasteiger partial charge in [0, 0.05) is 16.8 Å². The number of H-pyrrole nitrogens is 1. The molecule has 2 rings (SSSR count). The first-order chi connectivity index (χ1) is 9.63. The summed E-state index contributed by atoms with van der Waals surface area (Å²) >= 11 is 0. The fourth-order valence-corrected chi connectivity index (χ4v) is 1.83. The smallest absolute Gasteiger partial charge is 0.287 e. The molecule has 1 aromatic heterocycles. The van der Waals surface area contributed by atoms with Crippen molar-refractivity contribution in [1.29, 1.82) is 0 Å². The van der Waals surface area contributed by atoms with E-state index in [2.05, 4.69) is 15.2 Å². The van der Waals surface area contributed by atoms with Crippen molar-refractivity contribution >= 4 is 11.4 Å². The summed E-state index contributed by atoms with van der Waals surface area (Å²) in [6.45, 7) is 2.09. The molecule has 0 amide bonds. The van der Waals surface area contributed by atoms with E-state index in [9.17, 15) is 9.18 Å². The first-order valence-electron chi connectivity index (χ1n) is 6.23. The van der Waals surface area contributed by atoms with Gasteiger partial charge in [-0.25, -0.2) is 9.49 Å². The third kappa shape index (κ3) is 2.90. The summed E-state index contributed by atoms with van der Waals surface area (Å²) in [7, 11) is 0. The summed E-state index contributed by atoms with van der Waals surface area (Å²) in [6, 6.07) is 6.44. The number of aromatic amines is 1. The van der Waals surface area contributed by atoms with E-state index in [1.807, 2.05) is 6.92 Å². The molecule has 0 aliphatic heterocycles. The molecule has 3 N–H and O–H groups in total. The molecule has 20 heavy (non-hydrogen) atoms. The van der Waals surface area contributed by atoms with Gasteiger partial charge >= 0.3 is 0 Å². The molecule has 0 radical (unpaired) electrons. The second kappa shape index (κ2) is 6.10. The van der Waals surface area contributed by atoms with Crippen molar-refractivity contribution in [3.8, 4) is 0 Å². The maximum absolute atomic E-state index is 13.5. The first-order valence-corrected chi connectivity index (χ1v) is 6.23. The fourth-order valence-electron chi connectivity index (χ4n) is 1.83. The van der Waals surface area contributed by atoms with Crippen LogP contribution in [0.1, 0.15) is 24.5 Å². The molecule has 2 aromatic rings. The maximum Gasteiger partial charge on any atom is 0.287 e. The van der Waals surface area contributed by atoms with E-state index < -0.39 is 5.56 Å². The standard InChI is InChI=1S/C14H15FN4O/c1-2-12(10-8-18-19-14(20)13(10)16)17-7-9-5-3-4-6-11(9)15/h3-6,8H,2,7H2,1H3,(H2,16,18)(H,19,20). The van der Waals surface area contributed by atoms with Crippen LogP contribution in [0.4, 0.5) is 10.1 Å². The van der Waals surface area contributed by atoms with Gasteiger partial charge in [0.25, 0.3) is 5.56 Å². The summed E-state index contributed by atoms with van der Waals surface area (Å²) in [5.41, 5.74) is 6.97. The number of halogens is 1. The van der Waals surface area contributed by atoms with Crippen LogP contribution < -0.4 is 11.3 Å². The van der Waals surface area contributed by atoms with Crippen LogP contribution in [0.25, 0.3) is 0 Å². The number of hydrogen-bond acceptors (Lipinski definition) is 4. The third-order valence-corrected chi connectivity index (χ3v) is 2.94. The molecule has 5 nitrogen and oxygen atoms in total. The van der Waals surface area contributed by atoms with Gasteiger partial charge in [0.15, 0.2) is 0 Å². The van der Waals surface area contributed by atoms with Gasteiger partial charge in [-0.1, -0.05) is 25.1 Å². The number of anilines is 1. The highest BCUT2D eigenvalue weighted by molar-refractivity contribution is 6.04. The number of nitrogens with one attached hydrogen (secondary N) is 1. The quantitative estimate of drug-likeness (QED) is 0.835. The van der Waals surface area contributed by atoms with Gasteiger partial charge in [-0.3, -0.25) is 9.79 Å². The number of aromatic nitrogens is 2. The van der Waals surface area contributed by atoms with Crippen LogP contribution in [-0.2, 0) is 6.54 Å². The highest BCUT2D eigenvalue weighted by Crippen LogP contribution is 2.12. The van der Waals surface area contributed by atoms with Crippen LogP contribution in [0.5, 0.6) is 0 Å². The Morgan fingerprint density at radius 1 is 1.45 bits per heavy atom. The van der Waals surface area contributed by atoms with E-state index in [0.29, 0.717) is 23.3 Å². The summed E-state index contributed by atoms with van der Waals surface area (Å²) in [5.74, 6) is -0.302. The predicted octanol–water partition coefficient (Wildman–Crippen LogP) is 1.89. The van der Waals surface area contributed by atoms with Crippen molar-refractivity contribution in [3.05, 3.63) is 57.8 Å². The second-order valence-electron chi connectivity index (χ2n) is 4.23. The van der Waals surface area contributed by atoms with E-state index in [0.717, 1.165) is 0 Å². The second-order valence-corrected chi connectivity index (χ2v) is 4.23. The van der Waals surface area contributed by atoms with E-state index in [1.165, 1.54) is 12.3 Å². The zero-order valence-electron chi connectivity index (χ0n) is 11.1. The minimum atomic E-state index is -0.449. The molecular weight excluding hydrogens is 259 g/mol. The predicted molar refractivity (Wildman–Crippen MR) is 76.2 cm³/mol. The number of nitrogens with zero attached hydrogens (tertiary/aromatic N) is 2. The molecule has 0 saturated carbocycles. The highest BCUT2D eigenvalue weighted by Gasteiger charge is 2.09. The lowest BCUT2D eigenvalue weighted by molar-refractivity contribution is 0.611. The van der Waals surface area contributed by atoms with Crippen molar-refractivity contribution in [2.75, 3.05) is 5.73 Å². The van der Waals surface area contributed by atoms with Crippen molar-refractivity contribution in [2.24, 2.45) is 4.99 Å². The normalized spacial score (nSPS) is 11.6. The molecule has 104 valence electrons. The molecule has 1 aromatic carbocycles. The number of aliphatic imine (C=N–C) groups is 1. The van der Waals surface area contributed by atoms with E-state index >= 15 is 0 Å². The van der Waals surface area contributed by atoms with Crippen LogP contribution in [-0.4, -0.2) is 15.9 Å². The molecule has 0 fully saturated rings. The third-order valence-electron chi connectivity index (χ3n) is 2.94. The van der Waals surface area contributed by atoms with Gasteiger partial charge in [-0.05, 0) is 12.5 Å². The molecule has 0 aliphatic carbocycles. The van der Waals surface area contributed by atoms with Crippen molar-refractivity contribution in [2.45, 2.75) is 19.9 Å². The Balaban J connectivity index is 2.33. The minimum absolute atomic E-state index is 0.0779. The number of hydrogen-bond donors (Lipinski definition) is 2. The van der Waals surface area contributed by atoms with E-state index in [1.54, 1.807) is 18.2 Å². The number of benzene rings is 1. The average molecular weight is 274 g/mol. The lowest BCUT2D eigenvalue weighted by atomic mass is 10.1. The number of nitrogens with two attached hydrogens (primary N) is 1. The summed E-state index contributed by atoms with van der Waals surface area (Å²) in [4.78, 5) is 15.8. The number of nitrogen functional groups attached to an aromatic ring is 1. The molecule has 0 atom stereocenters. The topological polar surface area (TPSA) is 84.1 Å². The largest absolute Gasteiger partial charge is 0.394 e. The maximum atomic E-state index is 13.5. The van der Waals surface area contributed by atoms with Gasteiger partial charge < -0.3 is 5.73 Å². The van der Waals surface area contributed by atoms with Crippen LogP contribution >= 0.6 is 0 Å².